The summed E-state index contributed by atoms with van der Waals surface area (Å²) in [6.45, 7) is 9.58. The van der Waals surface area contributed by atoms with E-state index in [0.29, 0.717) is 19.7 Å². The van der Waals surface area contributed by atoms with E-state index in [1.807, 2.05) is 20.8 Å². The van der Waals surface area contributed by atoms with Crippen LogP contribution in [0.15, 0.2) is 0 Å². The van der Waals surface area contributed by atoms with Crippen LogP contribution in [0.5, 0.6) is 0 Å². The Morgan fingerprint density at radius 3 is 2.73 bits per heavy atom. The molecule has 1 heterocycles. The van der Waals surface area contributed by atoms with Crippen LogP contribution >= 0.6 is 0 Å². The summed E-state index contributed by atoms with van der Waals surface area (Å²) < 4.78 is 10.8. The Labute approximate surface area is 91.5 Å². The van der Waals surface area contributed by atoms with Crippen molar-refractivity contribution in [2.75, 3.05) is 19.7 Å². The number of nitrogens with zero attached hydrogens (tertiary/aromatic N) is 1. The highest BCUT2D eigenvalue weighted by atomic mass is 16.6. The Kier molecular flexibility index (Phi) is 3.97. The van der Waals surface area contributed by atoms with Crippen LogP contribution in [0.1, 0.15) is 34.1 Å². The van der Waals surface area contributed by atoms with Crippen LogP contribution < -0.4 is 0 Å². The molecule has 0 saturated carbocycles. The zero-order chi connectivity index (χ0) is 11.5. The maximum Gasteiger partial charge on any atom is 0.410 e. The molecular weight excluding hydrogens is 194 g/mol. The lowest BCUT2D eigenvalue weighted by atomic mass is 10.2. The Hall–Kier alpha value is -0.770. The number of ether oxygens (including phenoxy) is 2. The van der Waals surface area contributed by atoms with Crippen LogP contribution in [0, 0.1) is 0 Å². The standard InChI is InChI=1S/C11H21NO3/c1-5-9-8-12(6-7-14-9)10(13)15-11(2,3)4/h9H,5-8H2,1-4H3/t9-/m0/s1. The summed E-state index contributed by atoms with van der Waals surface area (Å²) in [4.78, 5) is 13.4. The molecule has 0 bridgehead atoms. The van der Waals surface area contributed by atoms with E-state index >= 15 is 0 Å². The third kappa shape index (κ3) is 4.08. The number of carbonyl (C=O) groups is 1. The van der Waals surface area contributed by atoms with Gasteiger partial charge in [-0.15, -0.1) is 0 Å². The molecule has 4 nitrogen and oxygen atoms in total. The molecule has 1 saturated heterocycles. The van der Waals surface area contributed by atoms with Gasteiger partial charge in [-0.05, 0) is 27.2 Å². The Morgan fingerprint density at radius 2 is 2.20 bits per heavy atom. The first-order chi connectivity index (χ1) is 6.92. The highest BCUT2D eigenvalue weighted by Crippen LogP contribution is 2.13. The third-order valence-electron chi connectivity index (χ3n) is 2.25. The van der Waals surface area contributed by atoms with Crippen LogP contribution in [-0.2, 0) is 9.47 Å². The largest absolute Gasteiger partial charge is 0.444 e. The summed E-state index contributed by atoms with van der Waals surface area (Å²) in [6.07, 6.45) is 0.856. The van der Waals surface area contributed by atoms with E-state index in [0.717, 1.165) is 6.42 Å². The summed E-state index contributed by atoms with van der Waals surface area (Å²) >= 11 is 0. The van der Waals surface area contributed by atoms with Gasteiger partial charge in [-0.1, -0.05) is 6.92 Å². The van der Waals surface area contributed by atoms with E-state index in [1.165, 1.54) is 0 Å². The topological polar surface area (TPSA) is 38.8 Å². The van der Waals surface area contributed by atoms with Crippen molar-refractivity contribution in [1.29, 1.82) is 0 Å². The van der Waals surface area contributed by atoms with E-state index in [2.05, 4.69) is 6.92 Å². The highest BCUT2D eigenvalue weighted by Gasteiger charge is 2.27. The molecular formula is C11H21NO3. The van der Waals surface area contributed by atoms with Crippen molar-refractivity contribution in [3.63, 3.8) is 0 Å². The van der Waals surface area contributed by atoms with E-state index in [1.54, 1.807) is 4.90 Å². The zero-order valence-corrected chi connectivity index (χ0v) is 10.1. The second-order valence-corrected chi connectivity index (χ2v) is 4.83. The van der Waals surface area contributed by atoms with Gasteiger partial charge in [0.2, 0.25) is 0 Å². The molecule has 0 radical (unpaired) electrons. The van der Waals surface area contributed by atoms with E-state index < -0.39 is 5.60 Å². The van der Waals surface area contributed by atoms with Gasteiger partial charge in [-0.25, -0.2) is 4.79 Å². The van der Waals surface area contributed by atoms with Crippen molar-refractivity contribution in [1.82, 2.24) is 4.90 Å². The molecule has 15 heavy (non-hydrogen) atoms. The monoisotopic (exact) mass is 215 g/mol. The smallest absolute Gasteiger partial charge is 0.410 e. The first-order valence-electron chi connectivity index (χ1n) is 5.52. The maximum absolute atomic E-state index is 11.7. The van der Waals surface area contributed by atoms with Crippen LogP contribution in [0.2, 0.25) is 0 Å². The molecule has 1 aliphatic rings. The van der Waals surface area contributed by atoms with E-state index in [9.17, 15) is 4.79 Å². The second-order valence-electron chi connectivity index (χ2n) is 4.83. The Morgan fingerprint density at radius 1 is 1.53 bits per heavy atom. The van der Waals surface area contributed by atoms with Gasteiger partial charge >= 0.3 is 6.09 Å². The number of rotatable bonds is 1. The van der Waals surface area contributed by atoms with Gasteiger partial charge < -0.3 is 14.4 Å². The van der Waals surface area contributed by atoms with Crippen LogP contribution in [0.25, 0.3) is 0 Å². The first-order valence-corrected chi connectivity index (χ1v) is 5.52. The molecule has 0 aromatic heterocycles. The number of morpholine rings is 1. The van der Waals surface area contributed by atoms with Crippen LogP contribution in [-0.4, -0.2) is 42.4 Å². The molecule has 0 N–H and O–H groups in total. The van der Waals surface area contributed by atoms with Crippen molar-refractivity contribution < 1.29 is 14.3 Å². The molecule has 1 amide bonds. The molecule has 0 aliphatic carbocycles. The quantitative estimate of drug-likeness (QED) is 0.672. The van der Waals surface area contributed by atoms with Gasteiger partial charge in [0.15, 0.2) is 0 Å². The average Bonchev–Trinajstić information content (AvgIpc) is 2.15. The predicted octanol–water partition coefficient (Wildman–Crippen LogP) is 2.03. The molecule has 1 rings (SSSR count). The average molecular weight is 215 g/mol. The lowest BCUT2D eigenvalue weighted by molar-refractivity contribution is -0.0428. The van der Waals surface area contributed by atoms with Crippen molar-refractivity contribution in [2.45, 2.75) is 45.8 Å². The molecule has 1 fully saturated rings. The zero-order valence-electron chi connectivity index (χ0n) is 10.1. The minimum Gasteiger partial charge on any atom is -0.444 e. The number of carbonyl (C=O) groups excluding carboxylic acids is 1. The molecule has 1 atom stereocenters. The molecule has 4 heteroatoms. The van der Waals surface area contributed by atoms with Crippen molar-refractivity contribution >= 4 is 6.09 Å². The normalized spacial score (nSPS) is 22.7. The van der Waals surface area contributed by atoms with Crippen LogP contribution in [0.3, 0.4) is 0 Å². The summed E-state index contributed by atoms with van der Waals surface area (Å²) in [5.41, 5.74) is -0.420. The summed E-state index contributed by atoms with van der Waals surface area (Å²) in [5, 5.41) is 0. The molecule has 0 aromatic rings. The second kappa shape index (κ2) is 4.84. The maximum atomic E-state index is 11.7. The van der Waals surface area contributed by atoms with E-state index in [4.69, 9.17) is 9.47 Å². The van der Waals surface area contributed by atoms with Gasteiger partial charge in [0, 0.05) is 6.54 Å². The lowest BCUT2D eigenvalue weighted by Crippen LogP contribution is -2.47. The molecule has 88 valence electrons. The minimum atomic E-state index is -0.420. The number of hydrogen-bond donors (Lipinski definition) is 0. The number of amides is 1. The summed E-state index contributed by atoms with van der Waals surface area (Å²) in [7, 11) is 0. The van der Waals surface area contributed by atoms with Gasteiger partial charge in [0.05, 0.1) is 19.3 Å². The third-order valence-corrected chi connectivity index (χ3v) is 2.25. The summed E-state index contributed by atoms with van der Waals surface area (Å²) in [6, 6.07) is 0. The fourth-order valence-electron chi connectivity index (χ4n) is 1.46. The highest BCUT2D eigenvalue weighted by molar-refractivity contribution is 5.68. The Bertz CT molecular complexity index is 222. The van der Waals surface area contributed by atoms with Crippen molar-refractivity contribution in [3.8, 4) is 0 Å². The van der Waals surface area contributed by atoms with Gasteiger partial charge in [0.1, 0.15) is 5.60 Å². The van der Waals surface area contributed by atoms with Gasteiger partial charge in [-0.3, -0.25) is 0 Å². The first kappa shape index (κ1) is 12.3. The van der Waals surface area contributed by atoms with E-state index in [-0.39, 0.29) is 12.2 Å². The lowest BCUT2D eigenvalue weighted by Gasteiger charge is -2.33. The predicted molar refractivity (Wildman–Crippen MR) is 57.8 cm³/mol. The van der Waals surface area contributed by atoms with Crippen molar-refractivity contribution in [3.05, 3.63) is 0 Å². The fraction of sp³-hybridized carbons (Fsp3) is 0.909. The Balaban J connectivity index is 2.45. The fourth-order valence-corrected chi connectivity index (χ4v) is 1.46. The number of hydrogen-bond acceptors (Lipinski definition) is 3. The molecule has 0 aromatic carbocycles. The SMILES string of the molecule is CC[C@H]1CN(C(=O)OC(C)(C)C)CCO1. The van der Waals surface area contributed by atoms with Crippen molar-refractivity contribution in [2.24, 2.45) is 0 Å². The molecule has 1 aliphatic heterocycles. The van der Waals surface area contributed by atoms with Gasteiger partial charge in [-0.2, -0.15) is 0 Å². The molecule has 0 spiro atoms. The summed E-state index contributed by atoms with van der Waals surface area (Å²) in [5.74, 6) is 0. The van der Waals surface area contributed by atoms with Gasteiger partial charge in [0.25, 0.3) is 0 Å². The minimum absolute atomic E-state index is 0.159. The molecule has 0 unspecified atom stereocenters. The van der Waals surface area contributed by atoms with Crippen LogP contribution in [0.4, 0.5) is 4.79 Å².